The predicted octanol–water partition coefficient (Wildman–Crippen LogP) is 6.43. The molecular formula is C25H40N4O3. The number of azide groups is 1. The van der Waals surface area contributed by atoms with E-state index in [9.17, 15) is 9.90 Å². The molecule has 3 N–H and O–H groups in total. The molecule has 1 aromatic carbocycles. The summed E-state index contributed by atoms with van der Waals surface area (Å²) in [4.78, 5) is 15.1. The van der Waals surface area contributed by atoms with Crippen molar-refractivity contribution in [3.05, 3.63) is 58.5 Å². The predicted molar refractivity (Wildman–Crippen MR) is 129 cm³/mol. The summed E-state index contributed by atoms with van der Waals surface area (Å²) in [5.41, 5.74) is 13.4. The van der Waals surface area contributed by atoms with E-state index in [0.29, 0.717) is 5.56 Å². The van der Waals surface area contributed by atoms with Crippen LogP contribution in [0.1, 0.15) is 94.3 Å². The van der Waals surface area contributed by atoms with Gasteiger partial charge in [0.1, 0.15) is 6.10 Å². The number of ether oxygens (including phenoxy) is 1. The number of unbranched alkanes of at least 4 members (excludes halogenated alkanes) is 11. The number of aliphatic hydroxyl groups excluding tert-OH is 1. The van der Waals surface area contributed by atoms with Crippen LogP contribution < -0.4 is 5.73 Å². The van der Waals surface area contributed by atoms with Crippen LogP contribution in [0.5, 0.6) is 0 Å². The van der Waals surface area contributed by atoms with Crippen LogP contribution in [0, 0.1) is 0 Å². The van der Waals surface area contributed by atoms with E-state index in [-0.39, 0.29) is 0 Å². The lowest BCUT2D eigenvalue weighted by Crippen LogP contribution is -2.53. The molecule has 0 unspecified atom stereocenters. The Kier molecular flexibility index (Phi) is 14.9. The van der Waals surface area contributed by atoms with Gasteiger partial charge in [-0.05, 0) is 36.6 Å². The molecular weight excluding hydrogens is 404 g/mol. The molecule has 0 aromatic heterocycles. The number of nitrogens with zero attached hydrogens (tertiary/aromatic N) is 3. The van der Waals surface area contributed by atoms with E-state index in [0.717, 1.165) is 19.3 Å². The van der Waals surface area contributed by atoms with Crippen molar-refractivity contribution in [3.8, 4) is 0 Å². The highest BCUT2D eigenvalue weighted by Crippen LogP contribution is 2.18. The average Bonchev–Trinajstić information content (AvgIpc) is 2.81. The van der Waals surface area contributed by atoms with E-state index >= 15 is 0 Å². The highest BCUT2D eigenvalue weighted by atomic mass is 16.5. The third kappa shape index (κ3) is 11.3. The van der Waals surface area contributed by atoms with Crippen molar-refractivity contribution >= 4 is 5.97 Å². The molecule has 0 fully saturated rings. The molecule has 0 heterocycles. The Hall–Kier alpha value is -2.34. The number of hydrogen-bond acceptors (Lipinski definition) is 5. The molecule has 7 nitrogen and oxygen atoms in total. The number of esters is 1. The molecule has 1 aromatic rings. The van der Waals surface area contributed by atoms with Gasteiger partial charge in [-0.1, -0.05) is 101 Å². The molecule has 0 amide bonds. The van der Waals surface area contributed by atoms with Crippen molar-refractivity contribution in [1.82, 2.24) is 0 Å². The zero-order valence-electron chi connectivity index (χ0n) is 19.5. The molecule has 0 aliphatic carbocycles. The fourth-order valence-corrected chi connectivity index (χ4v) is 3.47. The molecule has 0 spiro atoms. The van der Waals surface area contributed by atoms with E-state index in [1.165, 1.54) is 57.8 Å². The van der Waals surface area contributed by atoms with Gasteiger partial charge in [0, 0.05) is 4.91 Å². The van der Waals surface area contributed by atoms with Gasteiger partial charge in [-0.3, -0.25) is 0 Å². The van der Waals surface area contributed by atoms with E-state index in [4.69, 9.17) is 16.0 Å². The van der Waals surface area contributed by atoms with Crippen LogP contribution in [0.3, 0.4) is 0 Å². The summed E-state index contributed by atoms with van der Waals surface area (Å²) in [5.74, 6) is -0.591. The maximum Gasteiger partial charge on any atom is 0.338 e. The van der Waals surface area contributed by atoms with Crippen molar-refractivity contribution in [2.24, 2.45) is 10.8 Å². The molecule has 32 heavy (non-hydrogen) atoms. The van der Waals surface area contributed by atoms with Gasteiger partial charge in [-0.15, -0.1) is 0 Å². The summed E-state index contributed by atoms with van der Waals surface area (Å²) in [6.07, 6.45) is 17.2. The number of aliphatic hydroxyl groups is 1. The lowest BCUT2D eigenvalue weighted by molar-refractivity contribution is 0.0120. The van der Waals surface area contributed by atoms with Crippen molar-refractivity contribution in [1.29, 1.82) is 0 Å². The standard InChI is InChI=1S/C25H40N4O3/c1-2-3-4-5-6-7-8-9-10-11-12-13-17-20-23(25(26,21-30)28-29-27)32-24(31)22-18-15-14-16-19-22/h14-20,23,30H,2-13,21,26H2,1H3/b20-17+/t23-,25-/m1/s1. The number of carbonyl (C=O) groups excluding carboxylic acids is 1. The number of rotatable bonds is 18. The zero-order chi connectivity index (χ0) is 23.5. The van der Waals surface area contributed by atoms with Gasteiger partial charge < -0.3 is 15.6 Å². The molecule has 0 saturated heterocycles. The fraction of sp³-hybridized carbons (Fsp3) is 0.640. The monoisotopic (exact) mass is 444 g/mol. The molecule has 0 aliphatic heterocycles. The van der Waals surface area contributed by atoms with Crippen LogP contribution >= 0.6 is 0 Å². The van der Waals surface area contributed by atoms with Gasteiger partial charge in [0.15, 0.2) is 5.66 Å². The second kappa shape index (κ2) is 17.2. The molecule has 0 radical (unpaired) electrons. The van der Waals surface area contributed by atoms with Gasteiger partial charge in [-0.2, -0.15) is 0 Å². The minimum Gasteiger partial charge on any atom is -0.452 e. The molecule has 7 heteroatoms. The summed E-state index contributed by atoms with van der Waals surface area (Å²) in [5, 5.41) is 13.1. The number of nitrogens with two attached hydrogens (primary N) is 1. The smallest absolute Gasteiger partial charge is 0.338 e. The average molecular weight is 445 g/mol. The van der Waals surface area contributed by atoms with Crippen LogP contribution in [0.4, 0.5) is 0 Å². The van der Waals surface area contributed by atoms with Gasteiger partial charge in [0.2, 0.25) is 0 Å². The van der Waals surface area contributed by atoms with Crippen LogP contribution in [0.25, 0.3) is 10.4 Å². The Morgan fingerprint density at radius 2 is 1.66 bits per heavy atom. The largest absolute Gasteiger partial charge is 0.452 e. The Labute approximate surface area is 192 Å². The van der Waals surface area contributed by atoms with Crippen LogP contribution in [-0.4, -0.2) is 29.4 Å². The normalized spacial score (nSPS) is 14.0. The molecule has 2 atom stereocenters. The van der Waals surface area contributed by atoms with E-state index in [2.05, 4.69) is 16.9 Å². The first-order valence-electron chi connectivity index (χ1n) is 12.0. The Morgan fingerprint density at radius 1 is 1.09 bits per heavy atom. The Bertz CT molecular complexity index is 704. The summed E-state index contributed by atoms with van der Waals surface area (Å²) < 4.78 is 5.48. The van der Waals surface area contributed by atoms with Gasteiger partial charge in [0.25, 0.3) is 0 Å². The Balaban J connectivity index is 2.42. The molecule has 0 aliphatic rings. The first-order valence-corrected chi connectivity index (χ1v) is 12.0. The quantitative estimate of drug-likeness (QED) is 0.0676. The number of carbonyl (C=O) groups is 1. The maximum atomic E-state index is 12.4. The summed E-state index contributed by atoms with van der Waals surface area (Å²) in [6.45, 7) is 1.60. The second-order valence-corrected chi connectivity index (χ2v) is 8.28. The summed E-state index contributed by atoms with van der Waals surface area (Å²) in [6, 6.07) is 8.49. The highest BCUT2D eigenvalue weighted by molar-refractivity contribution is 5.89. The molecule has 178 valence electrons. The van der Waals surface area contributed by atoms with Crippen molar-refractivity contribution in [2.45, 2.75) is 95.7 Å². The van der Waals surface area contributed by atoms with Crippen molar-refractivity contribution in [2.75, 3.05) is 6.61 Å². The molecule has 0 saturated carbocycles. The summed E-state index contributed by atoms with van der Waals surface area (Å²) >= 11 is 0. The topological polar surface area (TPSA) is 121 Å². The van der Waals surface area contributed by atoms with Gasteiger partial charge >= 0.3 is 5.97 Å². The van der Waals surface area contributed by atoms with Crippen LogP contribution in [0.15, 0.2) is 47.6 Å². The number of hydrogen-bond donors (Lipinski definition) is 2. The first-order chi connectivity index (χ1) is 15.6. The van der Waals surface area contributed by atoms with Crippen LogP contribution in [0.2, 0.25) is 0 Å². The first kappa shape index (κ1) is 27.7. The summed E-state index contributed by atoms with van der Waals surface area (Å²) in [7, 11) is 0. The van der Waals surface area contributed by atoms with E-state index in [1.54, 1.807) is 36.4 Å². The SMILES string of the molecule is CCCCCCCCCCCCC/C=C/[C@@H](OC(=O)c1ccccc1)[C@@](N)(CO)N=[N+]=[N-]. The second-order valence-electron chi connectivity index (χ2n) is 8.28. The van der Waals surface area contributed by atoms with E-state index < -0.39 is 24.3 Å². The van der Waals surface area contributed by atoms with E-state index in [1.807, 2.05) is 6.08 Å². The fourth-order valence-electron chi connectivity index (χ4n) is 3.47. The Morgan fingerprint density at radius 3 is 2.19 bits per heavy atom. The van der Waals surface area contributed by atoms with Crippen molar-refractivity contribution in [3.63, 3.8) is 0 Å². The minimum absolute atomic E-state index is 0.359. The number of allylic oxidation sites excluding steroid dienone is 1. The third-order valence-electron chi connectivity index (χ3n) is 5.51. The van der Waals surface area contributed by atoms with Gasteiger partial charge in [0.05, 0.1) is 12.2 Å². The van der Waals surface area contributed by atoms with Gasteiger partial charge in [-0.25, -0.2) is 4.79 Å². The van der Waals surface area contributed by atoms with Crippen LogP contribution in [-0.2, 0) is 4.74 Å². The van der Waals surface area contributed by atoms with Crippen molar-refractivity contribution < 1.29 is 14.6 Å². The third-order valence-corrected chi connectivity index (χ3v) is 5.51. The maximum absolute atomic E-state index is 12.4. The lowest BCUT2D eigenvalue weighted by atomic mass is 10.0. The molecule has 1 rings (SSSR count). The number of benzene rings is 1. The minimum atomic E-state index is -1.76. The molecule has 0 bridgehead atoms. The highest BCUT2D eigenvalue weighted by Gasteiger charge is 2.35. The lowest BCUT2D eigenvalue weighted by Gasteiger charge is -2.29. The zero-order valence-corrected chi connectivity index (χ0v) is 19.5.